The van der Waals surface area contributed by atoms with E-state index in [-0.39, 0.29) is 12.1 Å². The summed E-state index contributed by atoms with van der Waals surface area (Å²) in [6.07, 6.45) is 0.917. The van der Waals surface area contributed by atoms with Crippen molar-refractivity contribution in [1.29, 1.82) is 0 Å². The lowest BCUT2D eigenvalue weighted by Crippen LogP contribution is -2.57. The molecule has 0 aromatic heterocycles. The van der Waals surface area contributed by atoms with E-state index in [1.165, 1.54) is 5.56 Å². The van der Waals surface area contributed by atoms with Crippen molar-refractivity contribution in [2.75, 3.05) is 39.4 Å². The maximum absolute atomic E-state index is 11.7. The zero-order valence-corrected chi connectivity index (χ0v) is 12.0. The van der Waals surface area contributed by atoms with Gasteiger partial charge in [-0.2, -0.15) is 0 Å². The Labute approximate surface area is 124 Å². The van der Waals surface area contributed by atoms with Crippen molar-refractivity contribution in [3.63, 3.8) is 0 Å². The molecule has 5 nitrogen and oxygen atoms in total. The van der Waals surface area contributed by atoms with Gasteiger partial charge in [0.1, 0.15) is 0 Å². The normalized spacial score (nSPS) is 29.4. The van der Waals surface area contributed by atoms with E-state index >= 15 is 0 Å². The minimum Gasteiger partial charge on any atom is -0.462 e. The van der Waals surface area contributed by atoms with Crippen LogP contribution in [0, 0.1) is 0 Å². The zero-order chi connectivity index (χ0) is 14.2. The zero-order valence-electron chi connectivity index (χ0n) is 12.0. The number of cyclic esters (lactones) is 1. The topological polar surface area (TPSA) is 50.8 Å². The molecule has 3 heterocycles. The number of piperazine rings is 1. The molecule has 0 amide bonds. The number of esters is 1. The summed E-state index contributed by atoms with van der Waals surface area (Å²) in [6, 6.07) is 6.53. The minimum atomic E-state index is -0.200. The summed E-state index contributed by atoms with van der Waals surface area (Å²) < 4.78 is 11.1. The third-order valence-corrected chi connectivity index (χ3v) is 4.69. The Morgan fingerprint density at radius 2 is 2.29 bits per heavy atom. The number of fused-ring (bicyclic) bond motifs is 2. The molecule has 4 rings (SSSR count). The van der Waals surface area contributed by atoms with Gasteiger partial charge in [-0.1, -0.05) is 12.1 Å². The molecule has 0 radical (unpaired) electrons. The quantitative estimate of drug-likeness (QED) is 0.773. The highest BCUT2D eigenvalue weighted by atomic mass is 16.5. The summed E-state index contributed by atoms with van der Waals surface area (Å²) in [6.45, 7) is 5.36. The van der Waals surface area contributed by atoms with Crippen molar-refractivity contribution in [2.45, 2.75) is 18.6 Å². The smallest absolute Gasteiger partial charge is 0.338 e. The van der Waals surface area contributed by atoms with Crippen molar-refractivity contribution in [3.8, 4) is 0 Å². The van der Waals surface area contributed by atoms with Gasteiger partial charge < -0.3 is 14.8 Å². The van der Waals surface area contributed by atoms with Crippen LogP contribution in [-0.2, 0) is 15.9 Å². The molecular formula is C16H20N2O3. The third kappa shape index (κ3) is 2.46. The van der Waals surface area contributed by atoms with E-state index in [9.17, 15) is 4.79 Å². The van der Waals surface area contributed by atoms with Crippen molar-refractivity contribution < 1.29 is 14.3 Å². The molecule has 0 spiro atoms. The van der Waals surface area contributed by atoms with Crippen molar-refractivity contribution in [1.82, 2.24) is 10.2 Å². The molecule has 1 aromatic carbocycles. The Morgan fingerprint density at radius 1 is 1.33 bits per heavy atom. The lowest BCUT2D eigenvalue weighted by molar-refractivity contribution is -0.0718. The summed E-state index contributed by atoms with van der Waals surface area (Å²) in [5, 5.41) is 3.41. The van der Waals surface area contributed by atoms with Crippen LogP contribution in [0.15, 0.2) is 18.2 Å². The fraction of sp³-hybridized carbons (Fsp3) is 0.562. The van der Waals surface area contributed by atoms with Gasteiger partial charge in [0.2, 0.25) is 0 Å². The molecule has 0 bridgehead atoms. The minimum absolute atomic E-state index is 0.114. The second-order valence-electron chi connectivity index (χ2n) is 5.98. The monoisotopic (exact) mass is 288 g/mol. The number of carbonyl (C=O) groups is 1. The Kier molecular flexibility index (Phi) is 3.41. The molecule has 3 aliphatic rings. The van der Waals surface area contributed by atoms with Gasteiger partial charge in [-0.3, -0.25) is 4.90 Å². The highest BCUT2D eigenvalue weighted by Gasteiger charge is 2.32. The first-order valence-electron chi connectivity index (χ1n) is 7.67. The van der Waals surface area contributed by atoms with Crippen molar-refractivity contribution >= 4 is 5.97 Å². The van der Waals surface area contributed by atoms with Gasteiger partial charge in [0.15, 0.2) is 0 Å². The highest BCUT2D eigenvalue weighted by molar-refractivity contribution is 5.92. The van der Waals surface area contributed by atoms with Crippen LogP contribution < -0.4 is 5.32 Å². The molecule has 112 valence electrons. The maximum Gasteiger partial charge on any atom is 0.338 e. The van der Waals surface area contributed by atoms with Crippen molar-refractivity contribution in [3.05, 3.63) is 34.9 Å². The highest BCUT2D eigenvalue weighted by Crippen LogP contribution is 2.28. The largest absolute Gasteiger partial charge is 0.462 e. The molecule has 5 heteroatoms. The SMILES string of the molecule is O=C1OCCc2cc([C@H]3CN4CCNC[C@@H]4CO3)ccc21. The van der Waals surface area contributed by atoms with E-state index in [4.69, 9.17) is 9.47 Å². The predicted octanol–water partition coefficient (Wildman–Crippen LogP) is 0.745. The van der Waals surface area contributed by atoms with Gasteiger partial charge >= 0.3 is 5.97 Å². The predicted molar refractivity (Wildman–Crippen MR) is 77.4 cm³/mol. The summed E-state index contributed by atoms with van der Waals surface area (Å²) >= 11 is 0. The Morgan fingerprint density at radius 3 is 3.24 bits per heavy atom. The number of hydrogen-bond donors (Lipinski definition) is 1. The summed E-state index contributed by atoms with van der Waals surface area (Å²) in [5.41, 5.74) is 2.98. The number of rotatable bonds is 1. The van der Waals surface area contributed by atoms with Crippen LogP contribution >= 0.6 is 0 Å². The molecule has 2 saturated heterocycles. The number of carbonyl (C=O) groups excluding carboxylic acids is 1. The average Bonchev–Trinajstić information content (AvgIpc) is 2.54. The standard InChI is InChI=1S/C16H20N2O3/c19-16-14-2-1-12(7-11(14)3-6-20-16)15-9-18-5-4-17-8-13(18)10-21-15/h1-2,7,13,15,17H,3-6,8-10H2/t13-,15-/m1/s1. The van der Waals surface area contributed by atoms with Crippen LogP contribution in [0.4, 0.5) is 0 Å². The van der Waals surface area contributed by atoms with Crippen LogP contribution in [0.3, 0.4) is 0 Å². The number of nitrogens with one attached hydrogen (secondary N) is 1. The molecule has 1 aromatic rings. The van der Waals surface area contributed by atoms with E-state index in [1.807, 2.05) is 12.1 Å². The van der Waals surface area contributed by atoms with Crippen molar-refractivity contribution in [2.24, 2.45) is 0 Å². The number of hydrogen-bond acceptors (Lipinski definition) is 5. The fourth-order valence-corrected chi connectivity index (χ4v) is 3.45. The third-order valence-electron chi connectivity index (χ3n) is 4.69. The lowest BCUT2D eigenvalue weighted by Gasteiger charge is -2.42. The Bertz CT molecular complexity index is 560. The first-order chi connectivity index (χ1) is 10.3. The van der Waals surface area contributed by atoms with Crippen LogP contribution in [0.25, 0.3) is 0 Å². The fourth-order valence-electron chi connectivity index (χ4n) is 3.45. The molecule has 0 unspecified atom stereocenters. The van der Waals surface area contributed by atoms with E-state index in [0.717, 1.165) is 44.8 Å². The van der Waals surface area contributed by atoms with E-state index < -0.39 is 0 Å². The van der Waals surface area contributed by atoms with Crippen LogP contribution in [0.2, 0.25) is 0 Å². The van der Waals surface area contributed by atoms with Crippen LogP contribution in [-0.4, -0.2) is 56.3 Å². The molecule has 1 N–H and O–H groups in total. The van der Waals surface area contributed by atoms with Gasteiger partial charge in [-0.25, -0.2) is 4.79 Å². The molecule has 2 atom stereocenters. The maximum atomic E-state index is 11.7. The second-order valence-corrected chi connectivity index (χ2v) is 5.98. The lowest BCUT2D eigenvalue weighted by atomic mass is 9.96. The van der Waals surface area contributed by atoms with E-state index in [2.05, 4.69) is 16.3 Å². The summed E-state index contributed by atoms with van der Waals surface area (Å²) in [5.74, 6) is -0.200. The van der Waals surface area contributed by atoms with Crippen LogP contribution in [0.1, 0.15) is 27.6 Å². The molecule has 3 aliphatic heterocycles. The molecule has 0 saturated carbocycles. The number of benzene rings is 1. The van der Waals surface area contributed by atoms with Gasteiger partial charge in [-0.05, 0) is 17.2 Å². The van der Waals surface area contributed by atoms with Gasteiger partial charge in [0.05, 0.1) is 24.9 Å². The number of nitrogens with zero attached hydrogens (tertiary/aromatic N) is 1. The van der Waals surface area contributed by atoms with Gasteiger partial charge in [-0.15, -0.1) is 0 Å². The summed E-state index contributed by atoms with van der Waals surface area (Å²) in [7, 11) is 0. The summed E-state index contributed by atoms with van der Waals surface area (Å²) in [4.78, 5) is 14.2. The average molecular weight is 288 g/mol. The molecule has 2 fully saturated rings. The number of morpholine rings is 1. The molecule has 0 aliphatic carbocycles. The Balaban J connectivity index is 1.55. The molecular weight excluding hydrogens is 268 g/mol. The van der Waals surface area contributed by atoms with Crippen LogP contribution in [0.5, 0.6) is 0 Å². The number of ether oxygens (including phenoxy) is 2. The Hall–Kier alpha value is -1.43. The molecule has 21 heavy (non-hydrogen) atoms. The van der Waals surface area contributed by atoms with Gasteiger partial charge in [0.25, 0.3) is 0 Å². The first kappa shape index (κ1) is 13.2. The van der Waals surface area contributed by atoms with E-state index in [1.54, 1.807) is 0 Å². The van der Waals surface area contributed by atoms with E-state index in [0.29, 0.717) is 18.2 Å². The first-order valence-corrected chi connectivity index (χ1v) is 7.67. The second kappa shape index (κ2) is 5.40. The van der Waals surface area contributed by atoms with Gasteiger partial charge in [0, 0.05) is 38.6 Å².